The van der Waals surface area contributed by atoms with Crippen LogP contribution in [0.2, 0.25) is 0 Å². The third-order valence-corrected chi connectivity index (χ3v) is 6.25. The number of anilines is 2. The molecule has 164 valence electrons. The molecule has 5 nitrogen and oxygen atoms in total. The van der Waals surface area contributed by atoms with E-state index in [9.17, 15) is 5.26 Å². The minimum Gasteiger partial charge on any atom is -0.497 e. The van der Waals surface area contributed by atoms with Gasteiger partial charge in [0.2, 0.25) is 0 Å². The second kappa shape index (κ2) is 11.3. The van der Waals surface area contributed by atoms with Crippen molar-refractivity contribution in [3.05, 3.63) is 88.1 Å². The van der Waals surface area contributed by atoms with Gasteiger partial charge in [0.1, 0.15) is 11.8 Å². The Kier molecular flexibility index (Phi) is 8.18. The van der Waals surface area contributed by atoms with Crippen molar-refractivity contribution < 1.29 is 4.74 Å². The molecule has 0 aromatic heterocycles. The number of hydrazone groups is 1. The van der Waals surface area contributed by atoms with Crippen molar-refractivity contribution in [1.82, 2.24) is 0 Å². The Bertz CT molecular complexity index is 1090. The molecule has 1 aliphatic heterocycles. The zero-order valence-electron chi connectivity index (χ0n) is 18.9. The summed E-state index contributed by atoms with van der Waals surface area (Å²) in [5, 5.41) is 20.5. The van der Waals surface area contributed by atoms with E-state index in [0.29, 0.717) is 5.57 Å². The zero-order chi connectivity index (χ0) is 22.9. The third-order valence-electron chi connectivity index (χ3n) is 5.12. The summed E-state index contributed by atoms with van der Waals surface area (Å²) in [7, 11) is 1.65. The number of hydrogen-bond donors (Lipinski definition) is 1. The molecule has 0 unspecified atom stereocenters. The van der Waals surface area contributed by atoms with Crippen LogP contribution in [0.5, 0.6) is 5.75 Å². The number of nitrogens with zero attached hydrogens (tertiary/aromatic N) is 3. The number of rotatable bonds is 8. The van der Waals surface area contributed by atoms with Gasteiger partial charge in [0.25, 0.3) is 0 Å². The van der Waals surface area contributed by atoms with Gasteiger partial charge >= 0.3 is 0 Å². The van der Waals surface area contributed by atoms with Crippen LogP contribution in [0.25, 0.3) is 0 Å². The van der Waals surface area contributed by atoms with Gasteiger partial charge in [0.05, 0.1) is 23.4 Å². The monoisotopic (exact) mass is 444 g/mol. The van der Waals surface area contributed by atoms with Crippen LogP contribution < -0.4 is 15.1 Å². The molecule has 2 aromatic rings. The Labute approximate surface area is 194 Å². The summed E-state index contributed by atoms with van der Waals surface area (Å²) < 4.78 is 5.21. The molecule has 0 fully saturated rings. The van der Waals surface area contributed by atoms with Crippen molar-refractivity contribution in [3.63, 3.8) is 0 Å². The number of para-hydroxylation sites is 1. The number of allylic oxidation sites excluding steroid dienone is 4. The largest absolute Gasteiger partial charge is 0.497 e. The van der Waals surface area contributed by atoms with Gasteiger partial charge in [-0.25, -0.2) is 5.01 Å². The second-order valence-electron chi connectivity index (χ2n) is 7.36. The van der Waals surface area contributed by atoms with Gasteiger partial charge in [-0.2, -0.15) is 10.4 Å². The Balaban J connectivity index is 1.79. The molecule has 0 radical (unpaired) electrons. The SMILES string of the molecule is C/C=N\N(/C(C)=C(\C)CC1=CC(C#N)=C(Nc2ccc(OC)cc2)SC1)c1ccccc1. The van der Waals surface area contributed by atoms with Crippen LogP contribution in [-0.4, -0.2) is 19.1 Å². The van der Waals surface area contributed by atoms with Crippen LogP contribution in [0, 0.1) is 11.3 Å². The molecular formula is C26H28N4OS. The summed E-state index contributed by atoms with van der Waals surface area (Å²) in [5.41, 5.74) is 6.14. The first-order chi connectivity index (χ1) is 15.5. The summed E-state index contributed by atoms with van der Waals surface area (Å²) in [5.74, 6) is 1.63. The fraction of sp³-hybridized carbons (Fsp3) is 0.231. The van der Waals surface area contributed by atoms with Crippen molar-refractivity contribution in [2.75, 3.05) is 23.2 Å². The fourth-order valence-corrected chi connectivity index (χ4v) is 4.29. The van der Waals surface area contributed by atoms with Gasteiger partial charge in [-0.1, -0.05) is 23.8 Å². The van der Waals surface area contributed by atoms with E-state index >= 15 is 0 Å². The van der Waals surface area contributed by atoms with E-state index in [-0.39, 0.29) is 0 Å². The van der Waals surface area contributed by atoms with E-state index in [1.165, 1.54) is 11.1 Å². The van der Waals surface area contributed by atoms with E-state index in [4.69, 9.17) is 4.74 Å². The number of benzene rings is 2. The Morgan fingerprint density at radius 3 is 2.53 bits per heavy atom. The maximum absolute atomic E-state index is 9.72. The summed E-state index contributed by atoms with van der Waals surface area (Å²) in [6.45, 7) is 6.13. The van der Waals surface area contributed by atoms with Gasteiger partial charge in [0, 0.05) is 23.4 Å². The molecule has 1 heterocycles. The zero-order valence-corrected chi connectivity index (χ0v) is 19.7. The van der Waals surface area contributed by atoms with Crippen LogP contribution in [0.15, 0.2) is 93.2 Å². The predicted octanol–water partition coefficient (Wildman–Crippen LogP) is 6.71. The average molecular weight is 445 g/mol. The van der Waals surface area contributed by atoms with E-state index in [1.807, 2.05) is 72.6 Å². The van der Waals surface area contributed by atoms with Gasteiger partial charge in [-0.15, -0.1) is 11.8 Å². The van der Waals surface area contributed by atoms with Crippen LogP contribution >= 0.6 is 11.8 Å². The quantitative estimate of drug-likeness (QED) is 0.362. The second-order valence-corrected chi connectivity index (χ2v) is 8.35. The highest BCUT2D eigenvalue weighted by molar-refractivity contribution is 8.03. The maximum atomic E-state index is 9.72. The van der Waals surface area contributed by atoms with Crippen molar-refractivity contribution >= 4 is 29.4 Å². The summed E-state index contributed by atoms with van der Waals surface area (Å²) in [6.07, 6.45) is 4.60. The first-order valence-electron chi connectivity index (χ1n) is 10.4. The number of nitrogens with one attached hydrogen (secondary N) is 1. The van der Waals surface area contributed by atoms with Crippen molar-refractivity contribution in [2.45, 2.75) is 27.2 Å². The fourth-order valence-electron chi connectivity index (χ4n) is 3.33. The molecule has 1 N–H and O–H groups in total. The minimum absolute atomic E-state index is 0.656. The molecule has 0 atom stereocenters. The van der Waals surface area contributed by atoms with Gasteiger partial charge in [-0.3, -0.25) is 0 Å². The lowest BCUT2D eigenvalue weighted by Gasteiger charge is -2.23. The molecule has 0 bridgehead atoms. The molecule has 1 aliphatic rings. The summed E-state index contributed by atoms with van der Waals surface area (Å²) in [4.78, 5) is 0. The standard InChI is InChI=1S/C26H28N4OS/c1-5-28-30(24-9-7-6-8-10-24)20(3)19(2)15-21-16-22(17-27)26(32-18-21)29-23-11-13-25(31-4)14-12-23/h5-14,16,29H,15,18H2,1-4H3/b20-19+,28-5-. The highest BCUT2D eigenvalue weighted by Gasteiger charge is 2.17. The lowest BCUT2D eigenvalue weighted by molar-refractivity contribution is 0.415. The third kappa shape index (κ3) is 5.83. The van der Waals surface area contributed by atoms with Crippen molar-refractivity contribution in [1.29, 1.82) is 5.26 Å². The van der Waals surface area contributed by atoms with Gasteiger partial charge in [0.15, 0.2) is 0 Å². The van der Waals surface area contributed by atoms with E-state index in [0.717, 1.165) is 40.0 Å². The first kappa shape index (κ1) is 23.2. The molecule has 0 saturated carbocycles. The smallest absolute Gasteiger partial charge is 0.119 e. The molecule has 0 spiro atoms. The minimum atomic E-state index is 0.656. The van der Waals surface area contributed by atoms with Crippen molar-refractivity contribution in [3.8, 4) is 11.8 Å². The molecule has 3 rings (SSSR count). The first-order valence-corrected chi connectivity index (χ1v) is 11.4. The van der Waals surface area contributed by atoms with E-state index < -0.39 is 0 Å². The predicted molar refractivity (Wildman–Crippen MR) is 136 cm³/mol. The van der Waals surface area contributed by atoms with Gasteiger partial charge < -0.3 is 10.1 Å². The Hall–Kier alpha value is -3.43. The molecule has 32 heavy (non-hydrogen) atoms. The normalized spacial score (nSPS) is 14.5. The summed E-state index contributed by atoms with van der Waals surface area (Å²) in [6, 6.07) is 20.2. The molecule has 6 heteroatoms. The van der Waals surface area contributed by atoms with E-state index in [2.05, 4.69) is 30.3 Å². The Morgan fingerprint density at radius 1 is 1.19 bits per heavy atom. The van der Waals surface area contributed by atoms with Crippen LogP contribution in [0.3, 0.4) is 0 Å². The molecule has 0 aliphatic carbocycles. The maximum Gasteiger partial charge on any atom is 0.119 e. The number of hydrogen-bond acceptors (Lipinski definition) is 6. The number of thioether (sulfide) groups is 1. The lowest BCUT2D eigenvalue weighted by atomic mass is 10.0. The molecule has 0 amide bonds. The average Bonchev–Trinajstić information content (AvgIpc) is 2.84. The topological polar surface area (TPSA) is 60.7 Å². The van der Waals surface area contributed by atoms with Crippen LogP contribution in [0.1, 0.15) is 27.2 Å². The molecule has 0 saturated heterocycles. The highest BCUT2D eigenvalue weighted by Crippen LogP contribution is 2.33. The van der Waals surface area contributed by atoms with E-state index in [1.54, 1.807) is 25.1 Å². The van der Waals surface area contributed by atoms with Gasteiger partial charge in [-0.05, 0) is 75.2 Å². The number of methoxy groups -OCH3 is 1. The summed E-state index contributed by atoms with van der Waals surface area (Å²) >= 11 is 1.66. The number of ether oxygens (including phenoxy) is 1. The van der Waals surface area contributed by atoms with Crippen LogP contribution in [0.4, 0.5) is 11.4 Å². The van der Waals surface area contributed by atoms with Crippen molar-refractivity contribution in [2.24, 2.45) is 5.10 Å². The molecule has 2 aromatic carbocycles. The Morgan fingerprint density at radius 2 is 1.91 bits per heavy atom. The number of nitriles is 1. The highest BCUT2D eigenvalue weighted by atomic mass is 32.2. The molecular weight excluding hydrogens is 416 g/mol. The van der Waals surface area contributed by atoms with Crippen LogP contribution in [-0.2, 0) is 0 Å². The lowest BCUT2D eigenvalue weighted by Crippen LogP contribution is -2.15.